The van der Waals surface area contributed by atoms with Crippen LogP contribution in [0.2, 0.25) is 0 Å². The van der Waals surface area contributed by atoms with Crippen LogP contribution in [0.1, 0.15) is 24.2 Å². The highest BCUT2D eigenvalue weighted by molar-refractivity contribution is 5.88. The summed E-state index contributed by atoms with van der Waals surface area (Å²) < 4.78 is 12.6. The van der Waals surface area contributed by atoms with Crippen molar-refractivity contribution in [1.82, 2.24) is 0 Å². The van der Waals surface area contributed by atoms with Crippen LogP contribution in [0.4, 0.5) is 10.1 Å². The van der Waals surface area contributed by atoms with Gasteiger partial charge in [-0.15, -0.1) is 0 Å². The molecule has 1 aromatic rings. The van der Waals surface area contributed by atoms with Crippen molar-refractivity contribution in [3.05, 3.63) is 39.7 Å². The van der Waals surface area contributed by atoms with E-state index >= 15 is 0 Å². The molecule has 15 heavy (non-hydrogen) atoms. The van der Waals surface area contributed by atoms with E-state index in [0.29, 0.717) is 6.07 Å². The van der Waals surface area contributed by atoms with Crippen LogP contribution < -0.4 is 0 Å². The number of halogens is 1. The molecule has 1 rings (SSSR count). The largest absolute Gasteiger partial charge is 0.478 e. The molecule has 0 fully saturated rings. The summed E-state index contributed by atoms with van der Waals surface area (Å²) in [5.74, 6) is -2.38. The van der Waals surface area contributed by atoms with E-state index in [2.05, 4.69) is 0 Å². The number of aromatic carboxylic acids is 1. The summed E-state index contributed by atoms with van der Waals surface area (Å²) in [5.41, 5.74) is -1.15. The fourth-order valence-electron chi connectivity index (χ4n) is 0.786. The second-order valence-corrected chi connectivity index (χ2v) is 2.23. The molecule has 1 aromatic carbocycles. The molecule has 5 nitrogen and oxygen atoms in total. The second kappa shape index (κ2) is 5.69. The van der Waals surface area contributed by atoms with Crippen molar-refractivity contribution < 1.29 is 19.2 Å². The number of carboxylic acid groups (broad SMARTS) is 1. The summed E-state index contributed by atoms with van der Waals surface area (Å²) in [5, 5.41) is 18.6. The van der Waals surface area contributed by atoms with Gasteiger partial charge in [-0.1, -0.05) is 13.8 Å². The Hall–Kier alpha value is -1.98. The highest BCUT2D eigenvalue weighted by Gasteiger charge is 2.16. The number of nitro benzene ring substituents is 1. The molecule has 0 aliphatic heterocycles. The predicted octanol–water partition coefficient (Wildman–Crippen LogP) is 2.46. The van der Waals surface area contributed by atoms with Crippen molar-refractivity contribution in [2.75, 3.05) is 0 Å². The van der Waals surface area contributed by atoms with Crippen LogP contribution in [0.25, 0.3) is 0 Å². The van der Waals surface area contributed by atoms with Gasteiger partial charge in [0.1, 0.15) is 0 Å². The van der Waals surface area contributed by atoms with E-state index in [-0.39, 0.29) is 5.56 Å². The summed E-state index contributed by atoms with van der Waals surface area (Å²) in [6.07, 6.45) is 0. The Bertz CT molecular complexity index is 378. The number of hydrogen-bond donors (Lipinski definition) is 1. The number of rotatable bonds is 2. The van der Waals surface area contributed by atoms with Gasteiger partial charge in [-0.25, -0.2) is 4.79 Å². The van der Waals surface area contributed by atoms with Crippen molar-refractivity contribution in [2.24, 2.45) is 0 Å². The van der Waals surface area contributed by atoms with Crippen LogP contribution in [0.5, 0.6) is 0 Å². The zero-order chi connectivity index (χ0) is 12.0. The maximum absolute atomic E-state index is 12.6. The number of nitro groups is 1. The van der Waals surface area contributed by atoms with Crippen molar-refractivity contribution >= 4 is 11.7 Å². The molecule has 6 heteroatoms. The quantitative estimate of drug-likeness (QED) is 0.606. The summed E-state index contributed by atoms with van der Waals surface area (Å²) in [4.78, 5) is 19.5. The number of hydrogen-bond acceptors (Lipinski definition) is 3. The monoisotopic (exact) mass is 215 g/mol. The molecule has 0 atom stereocenters. The molecular weight excluding hydrogens is 205 g/mol. The van der Waals surface area contributed by atoms with Gasteiger partial charge in [-0.2, -0.15) is 4.39 Å². The molecular formula is C9H10FNO4. The zero-order valence-electron chi connectivity index (χ0n) is 8.23. The standard InChI is InChI=1S/C7H4FNO4.C2H6/c8-5-2-1-4(7(10)11)3-6(5)9(12)13;1-2/h1-3H,(H,10,11);1-2H3. The van der Waals surface area contributed by atoms with Crippen molar-refractivity contribution in [3.63, 3.8) is 0 Å². The molecule has 1 N–H and O–H groups in total. The molecule has 0 bridgehead atoms. The first kappa shape index (κ1) is 13.0. The average Bonchev–Trinajstić information content (AvgIpc) is 2.20. The summed E-state index contributed by atoms with van der Waals surface area (Å²) in [6.45, 7) is 4.00. The highest BCUT2D eigenvalue weighted by Crippen LogP contribution is 2.18. The van der Waals surface area contributed by atoms with Gasteiger partial charge in [0.2, 0.25) is 5.82 Å². The third kappa shape index (κ3) is 3.34. The fraction of sp³-hybridized carbons (Fsp3) is 0.222. The van der Waals surface area contributed by atoms with Gasteiger partial charge >= 0.3 is 11.7 Å². The Morgan fingerprint density at radius 3 is 2.40 bits per heavy atom. The topological polar surface area (TPSA) is 80.4 Å². The van der Waals surface area contributed by atoms with Crippen LogP contribution in [0.15, 0.2) is 18.2 Å². The summed E-state index contributed by atoms with van der Waals surface area (Å²) >= 11 is 0. The van der Waals surface area contributed by atoms with Crippen LogP contribution in [0.3, 0.4) is 0 Å². The van der Waals surface area contributed by atoms with E-state index < -0.39 is 22.4 Å². The third-order valence-electron chi connectivity index (χ3n) is 1.39. The molecule has 0 aromatic heterocycles. The zero-order valence-corrected chi connectivity index (χ0v) is 8.23. The normalized spacial score (nSPS) is 8.73. The van der Waals surface area contributed by atoms with Gasteiger partial charge in [-0.3, -0.25) is 10.1 Å². The van der Waals surface area contributed by atoms with Crippen LogP contribution in [0, 0.1) is 15.9 Å². The molecule has 0 amide bonds. The minimum absolute atomic E-state index is 0.312. The fourth-order valence-corrected chi connectivity index (χ4v) is 0.786. The van der Waals surface area contributed by atoms with Crippen molar-refractivity contribution in [1.29, 1.82) is 0 Å². The lowest BCUT2D eigenvalue weighted by Crippen LogP contribution is -1.99. The van der Waals surface area contributed by atoms with Crippen molar-refractivity contribution in [3.8, 4) is 0 Å². The van der Waals surface area contributed by atoms with E-state index in [9.17, 15) is 19.3 Å². The third-order valence-corrected chi connectivity index (χ3v) is 1.39. The first-order valence-electron chi connectivity index (χ1n) is 4.19. The molecule has 0 aliphatic carbocycles. The van der Waals surface area contributed by atoms with E-state index in [0.717, 1.165) is 12.1 Å². The molecule has 0 radical (unpaired) electrons. The number of nitrogens with zero attached hydrogens (tertiary/aromatic N) is 1. The molecule has 0 unspecified atom stereocenters. The van der Waals surface area contributed by atoms with Gasteiger partial charge in [-0.05, 0) is 12.1 Å². The lowest BCUT2D eigenvalue weighted by molar-refractivity contribution is -0.387. The van der Waals surface area contributed by atoms with E-state index in [1.165, 1.54) is 0 Å². The van der Waals surface area contributed by atoms with Crippen molar-refractivity contribution in [2.45, 2.75) is 13.8 Å². The lowest BCUT2D eigenvalue weighted by atomic mass is 10.2. The van der Waals surface area contributed by atoms with Crippen LogP contribution >= 0.6 is 0 Å². The molecule has 0 saturated heterocycles. The van der Waals surface area contributed by atoms with E-state index in [1.807, 2.05) is 13.8 Å². The Morgan fingerprint density at radius 2 is 2.00 bits per heavy atom. The smallest absolute Gasteiger partial charge is 0.335 e. The molecule has 0 aliphatic rings. The number of carbonyl (C=O) groups is 1. The Balaban J connectivity index is 0.000000921. The average molecular weight is 215 g/mol. The molecule has 0 heterocycles. The number of carboxylic acids is 1. The van der Waals surface area contributed by atoms with Gasteiger partial charge in [0.25, 0.3) is 0 Å². The lowest BCUT2D eigenvalue weighted by Gasteiger charge is -1.95. The minimum atomic E-state index is -1.33. The minimum Gasteiger partial charge on any atom is -0.478 e. The first-order valence-corrected chi connectivity index (χ1v) is 4.19. The Labute approximate surface area is 85.3 Å². The maximum Gasteiger partial charge on any atom is 0.335 e. The number of benzene rings is 1. The van der Waals surface area contributed by atoms with Crippen LogP contribution in [-0.2, 0) is 0 Å². The summed E-state index contributed by atoms with van der Waals surface area (Å²) in [7, 11) is 0. The second-order valence-electron chi connectivity index (χ2n) is 2.23. The summed E-state index contributed by atoms with van der Waals surface area (Å²) in [6, 6.07) is 2.39. The Morgan fingerprint density at radius 1 is 1.47 bits per heavy atom. The molecule has 0 spiro atoms. The van der Waals surface area contributed by atoms with Gasteiger partial charge in [0, 0.05) is 6.07 Å². The SMILES string of the molecule is CC.O=C(O)c1ccc(F)c([N+](=O)[O-])c1. The van der Waals surface area contributed by atoms with Crippen LogP contribution in [-0.4, -0.2) is 16.0 Å². The van der Waals surface area contributed by atoms with E-state index in [4.69, 9.17) is 5.11 Å². The Kier molecular flexibility index (Phi) is 4.94. The van der Waals surface area contributed by atoms with Gasteiger partial charge in [0.15, 0.2) is 0 Å². The first-order chi connectivity index (χ1) is 7.02. The van der Waals surface area contributed by atoms with Gasteiger partial charge < -0.3 is 5.11 Å². The molecule has 0 saturated carbocycles. The highest BCUT2D eigenvalue weighted by atomic mass is 19.1. The van der Waals surface area contributed by atoms with E-state index in [1.54, 1.807) is 0 Å². The van der Waals surface area contributed by atoms with Gasteiger partial charge in [0.05, 0.1) is 10.5 Å². The maximum atomic E-state index is 12.6. The predicted molar refractivity (Wildman–Crippen MR) is 51.4 cm³/mol. The molecule has 82 valence electrons.